The predicted octanol–water partition coefficient (Wildman–Crippen LogP) is 1.68. The maximum Gasteiger partial charge on any atom is 0.214 e. The molecule has 0 fully saturated rings. The van der Waals surface area contributed by atoms with Gasteiger partial charge in [0.25, 0.3) is 0 Å². The van der Waals surface area contributed by atoms with E-state index in [-0.39, 0.29) is 5.88 Å². The van der Waals surface area contributed by atoms with Crippen molar-refractivity contribution >= 4 is 11.8 Å². The first-order valence-corrected chi connectivity index (χ1v) is 4.46. The van der Waals surface area contributed by atoms with Gasteiger partial charge >= 0.3 is 0 Å². The van der Waals surface area contributed by atoms with E-state index < -0.39 is 0 Å². The summed E-state index contributed by atoms with van der Waals surface area (Å²) >= 11 is 1.55. The molecule has 4 heteroatoms. The molecule has 0 aromatic carbocycles. The summed E-state index contributed by atoms with van der Waals surface area (Å²) in [6, 6.07) is 1.47. The fraction of sp³-hybridized carbons (Fsp3) is 0.429. The highest BCUT2D eigenvalue weighted by molar-refractivity contribution is 7.99. The molecular weight excluding hydrogens is 160 g/mol. The Morgan fingerprint density at radius 3 is 3.09 bits per heavy atom. The summed E-state index contributed by atoms with van der Waals surface area (Å²) in [6.45, 7) is 2.09. The first-order valence-electron chi connectivity index (χ1n) is 3.47. The zero-order valence-corrected chi connectivity index (χ0v) is 7.14. The molecule has 1 heterocycles. The zero-order chi connectivity index (χ0) is 8.10. The van der Waals surface area contributed by atoms with Gasteiger partial charge in [-0.25, -0.2) is 4.98 Å². The molecule has 0 unspecified atom stereocenters. The van der Waals surface area contributed by atoms with Gasteiger partial charge in [0.1, 0.15) is 0 Å². The molecular formula is C7H10N2OS. The third-order valence-corrected chi connectivity index (χ3v) is 2.12. The molecule has 60 valence electrons. The molecule has 0 saturated heterocycles. The Morgan fingerprint density at radius 1 is 1.64 bits per heavy atom. The van der Waals surface area contributed by atoms with Gasteiger partial charge in [0.15, 0.2) is 5.16 Å². The molecule has 1 rings (SSSR count). The molecule has 11 heavy (non-hydrogen) atoms. The van der Waals surface area contributed by atoms with Crippen LogP contribution < -0.4 is 0 Å². The van der Waals surface area contributed by atoms with Gasteiger partial charge < -0.3 is 5.11 Å². The molecule has 0 bridgehead atoms. The SMILES string of the molecule is CCCSc1nccc(O)n1. The van der Waals surface area contributed by atoms with E-state index in [0.717, 1.165) is 12.2 Å². The van der Waals surface area contributed by atoms with Gasteiger partial charge in [0, 0.05) is 18.0 Å². The lowest BCUT2D eigenvalue weighted by Crippen LogP contribution is -1.85. The lowest BCUT2D eigenvalue weighted by atomic mass is 10.6. The van der Waals surface area contributed by atoms with E-state index in [1.54, 1.807) is 18.0 Å². The Balaban J connectivity index is 2.56. The first kappa shape index (κ1) is 8.33. The molecule has 0 radical (unpaired) electrons. The highest BCUT2D eigenvalue weighted by Gasteiger charge is 1.96. The lowest BCUT2D eigenvalue weighted by molar-refractivity contribution is 0.445. The summed E-state index contributed by atoms with van der Waals surface area (Å²) in [5.41, 5.74) is 0. The van der Waals surface area contributed by atoms with Crippen molar-refractivity contribution in [1.82, 2.24) is 9.97 Å². The quantitative estimate of drug-likeness (QED) is 0.554. The topological polar surface area (TPSA) is 46.0 Å². The van der Waals surface area contributed by atoms with Gasteiger partial charge in [0.2, 0.25) is 5.88 Å². The van der Waals surface area contributed by atoms with E-state index in [9.17, 15) is 0 Å². The average Bonchev–Trinajstić information content (AvgIpc) is 2.01. The summed E-state index contributed by atoms with van der Waals surface area (Å²) in [6.07, 6.45) is 2.64. The predicted molar refractivity (Wildman–Crippen MR) is 44.7 cm³/mol. The van der Waals surface area contributed by atoms with E-state index in [2.05, 4.69) is 16.9 Å². The van der Waals surface area contributed by atoms with Crippen molar-refractivity contribution in [3.63, 3.8) is 0 Å². The number of hydrogen-bond donors (Lipinski definition) is 1. The summed E-state index contributed by atoms with van der Waals surface area (Å²) in [5.74, 6) is 1.03. The molecule has 1 aromatic rings. The lowest BCUT2D eigenvalue weighted by Gasteiger charge is -1.96. The Labute approximate surface area is 69.9 Å². The highest BCUT2D eigenvalue weighted by Crippen LogP contribution is 2.14. The van der Waals surface area contributed by atoms with Gasteiger partial charge in [-0.1, -0.05) is 18.7 Å². The van der Waals surface area contributed by atoms with E-state index in [4.69, 9.17) is 5.11 Å². The van der Waals surface area contributed by atoms with Gasteiger partial charge in [-0.15, -0.1) is 0 Å². The summed E-state index contributed by atoms with van der Waals surface area (Å²) in [7, 11) is 0. The minimum atomic E-state index is 0.0404. The minimum absolute atomic E-state index is 0.0404. The summed E-state index contributed by atoms with van der Waals surface area (Å²) in [4.78, 5) is 7.79. The molecule has 0 amide bonds. The number of aromatic hydroxyl groups is 1. The summed E-state index contributed by atoms with van der Waals surface area (Å²) in [5, 5.41) is 9.59. The third-order valence-electron chi connectivity index (χ3n) is 1.05. The van der Waals surface area contributed by atoms with Gasteiger partial charge in [-0.3, -0.25) is 0 Å². The van der Waals surface area contributed by atoms with Crippen molar-refractivity contribution < 1.29 is 5.11 Å². The van der Waals surface area contributed by atoms with Crippen molar-refractivity contribution in [1.29, 1.82) is 0 Å². The van der Waals surface area contributed by atoms with Crippen LogP contribution in [0.1, 0.15) is 13.3 Å². The standard InChI is InChI=1S/C7H10N2OS/c1-2-5-11-7-8-4-3-6(10)9-7/h3-4H,2,5H2,1H3,(H,8,9,10). The van der Waals surface area contributed by atoms with E-state index in [0.29, 0.717) is 5.16 Å². The number of thioether (sulfide) groups is 1. The normalized spacial score (nSPS) is 9.91. The zero-order valence-electron chi connectivity index (χ0n) is 6.32. The maximum atomic E-state index is 8.95. The largest absolute Gasteiger partial charge is 0.493 e. The second kappa shape index (κ2) is 4.18. The van der Waals surface area contributed by atoms with Crippen LogP contribution in [-0.4, -0.2) is 20.8 Å². The van der Waals surface area contributed by atoms with E-state index in [1.807, 2.05) is 0 Å². The van der Waals surface area contributed by atoms with Gasteiger partial charge in [-0.2, -0.15) is 4.98 Å². The Kier molecular flexibility index (Phi) is 3.16. The number of nitrogens with zero attached hydrogens (tertiary/aromatic N) is 2. The Morgan fingerprint density at radius 2 is 2.45 bits per heavy atom. The van der Waals surface area contributed by atoms with Crippen LogP contribution in [0.3, 0.4) is 0 Å². The third kappa shape index (κ3) is 2.76. The second-order valence-corrected chi connectivity index (χ2v) is 3.11. The Hall–Kier alpha value is -0.770. The van der Waals surface area contributed by atoms with Crippen LogP contribution in [0.4, 0.5) is 0 Å². The van der Waals surface area contributed by atoms with Crippen molar-refractivity contribution in [3.05, 3.63) is 12.3 Å². The van der Waals surface area contributed by atoms with Crippen LogP contribution in [0, 0.1) is 0 Å². The van der Waals surface area contributed by atoms with Gasteiger partial charge in [-0.05, 0) is 6.42 Å². The highest BCUT2D eigenvalue weighted by atomic mass is 32.2. The van der Waals surface area contributed by atoms with E-state index >= 15 is 0 Å². The van der Waals surface area contributed by atoms with Crippen LogP contribution in [0.2, 0.25) is 0 Å². The fourth-order valence-corrected chi connectivity index (χ4v) is 1.27. The summed E-state index contributed by atoms with van der Waals surface area (Å²) < 4.78 is 0. The van der Waals surface area contributed by atoms with Gasteiger partial charge in [0.05, 0.1) is 0 Å². The number of rotatable bonds is 3. The number of hydrogen-bond acceptors (Lipinski definition) is 4. The number of aromatic nitrogens is 2. The van der Waals surface area contributed by atoms with Crippen LogP contribution in [0.15, 0.2) is 17.4 Å². The van der Waals surface area contributed by atoms with Crippen molar-refractivity contribution in [2.75, 3.05) is 5.75 Å². The Bertz CT molecular complexity index is 229. The molecule has 0 spiro atoms. The monoisotopic (exact) mass is 170 g/mol. The van der Waals surface area contributed by atoms with Crippen molar-refractivity contribution in [3.8, 4) is 5.88 Å². The van der Waals surface area contributed by atoms with Crippen LogP contribution >= 0.6 is 11.8 Å². The fourth-order valence-electron chi connectivity index (χ4n) is 0.595. The molecule has 0 aliphatic heterocycles. The first-order chi connectivity index (χ1) is 5.33. The van der Waals surface area contributed by atoms with E-state index in [1.165, 1.54) is 6.07 Å². The smallest absolute Gasteiger partial charge is 0.214 e. The van der Waals surface area contributed by atoms with Crippen LogP contribution in [-0.2, 0) is 0 Å². The minimum Gasteiger partial charge on any atom is -0.493 e. The van der Waals surface area contributed by atoms with Crippen molar-refractivity contribution in [2.24, 2.45) is 0 Å². The van der Waals surface area contributed by atoms with Crippen LogP contribution in [0.25, 0.3) is 0 Å². The average molecular weight is 170 g/mol. The molecule has 1 aromatic heterocycles. The second-order valence-electron chi connectivity index (χ2n) is 2.05. The van der Waals surface area contributed by atoms with Crippen LogP contribution in [0.5, 0.6) is 5.88 Å². The molecule has 3 nitrogen and oxygen atoms in total. The van der Waals surface area contributed by atoms with Crippen molar-refractivity contribution in [2.45, 2.75) is 18.5 Å². The molecule has 0 aliphatic rings. The molecule has 1 N–H and O–H groups in total. The molecule has 0 aliphatic carbocycles. The molecule has 0 saturated carbocycles. The maximum absolute atomic E-state index is 8.95. The molecule has 0 atom stereocenters.